The summed E-state index contributed by atoms with van der Waals surface area (Å²) in [5, 5.41) is 0. The second-order valence-corrected chi connectivity index (χ2v) is 6.60. The number of aromatic nitrogens is 2. The van der Waals surface area contributed by atoms with E-state index in [1.165, 1.54) is 77.0 Å². The molecule has 2 fully saturated rings. The Labute approximate surface area is 134 Å². The van der Waals surface area contributed by atoms with Crippen LogP contribution in [-0.2, 0) is 0 Å². The largest absolute Gasteiger partial charge is 1.00 e. The summed E-state index contributed by atoms with van der Waals surface area (Å²) >= 11 is 0. The number of hydrogen-bond acceptors (Lipinski definition) is 0. The highest BCUT2D eigenvalue weighted by molar-refractivity contribution is 4.78. The molecule has 0 atom stereocenters. The van der Waals surface area contributed by atoms with E-state index in [2.05, 4.69) is 27.9 Å². The van der Waals surface area contributed by atoms with Crippen molar-refractivity contribution in [2.75, 3.05) is 0 Å². The van der Waals surface area contributed by atoms with E-state index in [1.807, 2.05) is 0 Å². The number of imidazole rings is 1. The van der Waals surface area contributed by atoms with Gasteiger partial charge < -0.3 is 17.0 Å². The van der Waals surface area contributed by atoms with Crippen LogP contribution in [0.4, 0.5) is 0 Å². The van der Waals surface area contributed by atoms with Crippen molar-refractivity contribution < 1.29 is 21.5 Å². The van der Waals surface area contributed by atoms with Crippen LogP contribution in [0.15, 0.2) is 18.7 Å². The molecule has 20 heavy (non-hydrogen) atoms. The average Bonchev–Trinajstić information content (AvgIpc) is 2.67. The highest BCUT2D eigenvalue weighted by Crippen LogP contribution is 2.27. The summed E-state index contributed by atoms with van der Waals surface area (Å²) in [5.41, 5.74) is 0. The van der Waals surface area contributed by atoms with E-state index in [9.17, 15) is 0 Å². The van der Waals surface area contributed by atoms with Gasteiger partial charge in [-0.3, -0.25) is 0 Å². The predicted octanol–water partition coefficient (Wildman–Crippen LogP) is 1.57. The number of rotatable bonds is 2. The summed E-state index contributed by atoms with van der Waals surface area (Å²) < 4.78 is 5.02. The van der Waals surface area contributed by atoms with Crippen molar-refractivity contribution in [2.45, 2.75) is 89.1 Å². The third-order valence-electron chi connectivity index (χ3n) is 5.17. The van der Waals surface area contributed by atoms with E-state index in [0.29, 0.717) is 0 Å². The molecule has 2 saturated carbocycles. The fourth-order valence-electron chi connectivity index (χ4n) is 3.93. The van der Waals surface area contributed by atoms with E-state index in [4.69, 9.17) is 0 Å². The topological polar surface area (TPSA) is 8.81 Å². The standard InChI is InChI=1S/C17H29N2.BrH/c1-2-6-10-16(9-5-1)18-13-14-19(15-18)17-11-7-3-4-8-12-17;/h13-17H,1-12H2;1H/q+1;/p-1. The Bertz CT molecular complexity index is 338. The van der Waals surface area contributed by atoms with E-state index >= 15 is 0 Å². The lowest BCUT2D eigenvalue weighted by atomic mass is 10.1. The molecule has 0 spiro atoms. The van der Waals surface area contributed by atoms with Crippen LogP contribution < -0.4 is 21.5 Å². The third-order valence-corrected chi connectivity index (χ3v) is 5.17. The van der Waals surface area contributed by atoms with Crippen LogP contribution in [0.5, 0.6) is 0 Å². The summed E-state index contributed by atoms with van der Waals surface area (Å²) in [7, 11) is 0. The molecule has 2 aliphatic rings. The van der Waals surface area contributed by atoms with Crippen LogP contribution in [0.25, 0.3) is 0 Å². The van der Waals surface area contributed by atoms with Gasteiger partial charge in [-0.1, -0.05) is 25.7 Å². The molecule has 0 bridgehead atoms. The maximum Gasteiger partial charge on any atom is 0.244 e. The van der Waals surface area contributed by atoms with E-state index in [1.54, 1.807) is 0 Å². The molecule has 2 aliphatic carbocycles. The van der Waals surface area contributed by atoms with Crippen molar-refractivity contribution in [3.63, 3.8) is 0 Å². The van der Waals surface area contributed by atoms with Crippen molar-refractivity contribution in [1.29, 1.82) is 0 Å². The minimum Gasteiger partial charge on any atom is -1.00 e. The van der Waals surface area contributed by atoms with Crippen LogP contribution >= 0.6 is 0 Å². The molecule has 1 aromatic heterocycles. The van der Waals surface area contributed by atoms with Crippen LogP contribution in [0.1, 0.15) is 89.1 Å². The lowest BCUT2D eigenvalue weighted by molar-refractivity contribution is -0.724. The zero-order chi connectivity index (χ0) is 12.9. The van der Waals surface area contributed by atoms with Gasteiger partial charge in [-0.25, -0.2) is 9.13 Å². The van der Waals surface area contributed by atoms with Crippen molar-refractivity contribution in [3.8, 4) is 0 Å². The van der Waals surface area contributed by atoms with Gasteiger partial charge in [0.2, 0.25) is 6.33 Å². The molecule has 0 aliphatic heterocycles. The second kappa shape index (κ2) is 8.21. The zero-order valence-electron chi connectivity index (χ0n) is 12.6. The molecular formula is C17H29BrN2. The van der Waals surface area contributed by atoms with E-state index < -0.39 is 0 Å². The van der Waals surface area contributed by atoms with Gasteiger partial charge in [0.05, 0.1) is 0 Å². The van der Waals surface area contributed by atoms with Crippen LogP contribution in [0.2, 0.25) is 0 Å². The highest BCUT2D eigenvalue weighted by Gasteiger charge is 2.22. The first-order valence-electron chi connectivity index (χ1n) is 8.52. The zero-order valence-corrected chi connectivity index (χ0v) is 14.2. The molecule has 3 heteroatoms. The molecule has 114 valence electrons. The first kappa shape index (κ1) is 16.1. The lowest BCUT2D eigenvalue weighted by Gasteiger charge is -2.12. The first-order valence-corrected chi connectivity index (χ1v) is 8.52. The SMILES string of the molecule is [Br-].c1c[n+](C2CCCCCC2)cn1C1CCCCCC1. The Morgan fingerprint density at radius 2 is 1.30 bits per heavy atom. The van der Waals surface area contributed by atoms with Crippen LogP contribution in [-0.4, -0.2) is 4.57 Å². The van der Waals surface area contributed by atoms with E-state index in [-0.39, 0.29) is 17.0 Å². The van der Waals surface area contributed by atoms with Crippen molar-refractivity contribution >= 4 is 0 Å². The maximum absolute atomic E-state index is 2.51. The van der Waals surface area contributed by atoms with Crippen molar-refractivity contribution in [2.24, 2.45) is 0 Å². The Balaban J connectivity index is 0.00000147. The van der Waals surface area contributed by atoms with Gasteiger partial charge in [-0.2, -0.15) is 0 Å². The summed E-state index contributed by atoms with van der Waals surface area (Å²) in [5.74, 6) is 0. The second-order valence-electron chi connectivity index (χ2n) is 6.60. The molecular weight excluding hydrogens is 312 g/mol. The Hall–Kier alpha value is -0.310. The van der Waals surface area contributed by atoms with Gasteiger partial charge in [-0.05, 0) is 51.4 Å². The fraction of sp³-hybridized carbons (Fsp3) is 0.824. The van der Waals surface area contributed by atoms with Gasteiger partial charge in [0.15, 0.2) is 0 Å². The van der Waals surface area contributed by atoms with Crippen LogP contribution in [0, 0.1) is 0 Å². The lowest BCUT2D eigenvalue weighted by Crippen LogP contribution is -3.00. The van der Waals surface area contributed by atoms with Gasteiger partial charge >= 0.3 is 0 Å². The van der Waals surface area contributed by atoms with Crippen molar-refractivity contribution in [1.82, 2.24) is 4.57 Å². The first-order chi connectivity index (χ1) is 9.43. The molecule has 0 unspecified atom stereocenters. The predicted molar refractivity (Wildman–Crippen MR) is 78.1 cm³/mol. The number of halogens is 1. The minimum atomic E-state index is 0. The number of nitrogens with zero attached hydrogens (tertiary/aromatic N) is 2. The monoisotopic (exact) mass is 340 g/mol. The Morgan fingerprint density at radius 3 is 1.90 bits per heavy atom. The molecule has 1 heterocycles. The summed E-state index contributed by atoms with van der Waals surface area (Å²) in [4.78, 5) is 0. The van der Waals surface area contributed by atoms with Gasteiger partial charge in [0.1, 0.15) is 24.5 Å². The molecule has 2 nitrogen and oxygen atoms in total. The van der Waals surface area contributed by atoms with Gasteiger partial charge in [0, 0.05) is 0 Å². The molecule has 0 aromatic carbocycles. The summed E-state index contributed by atoms with van der Waals surface area (Å²) in [6.45, 7) is 0. The quantitative estimate of drug-likeness (QED) is 0.570. The summed E-state index contributed by atoms with van der Waals surface area (Å²) in [6, 6.07) is 1.55. The molecule has 3 rings (SSSR count). The van der Waals surface area contributed by atoms with Gasteiger partial charge in [0.25, 0.3) is 0 Å². The van der Waals surface area contributed by atoms with E-state index in [0.717, 1.165) is 12.1 Å². The Kier molecular flexibility index (Phi) is 6.60. The normalized spacial score (nSPS) is 22.8. The molecule has 0 saturated heterocycles. The number of hydrogen-bond donors (Lipinski definition) is 0. The molecule has 0 amide bonds. The molecule has 0 N–H and O–H groups in total. The van der Waals surface area contributed by atoms with Crippen LogP contribution in [0.3, 0.4) is 0 Å². The smallest absolute Gasteiger partial charge is 0.244 e. The Morgan fingerprint density at radius 1 is 0.750 bits per heavy atom. The van der Waals surface area contributed by atoms with Gasteiger partial charge in [-0.15, -0.1) is 0 Å². The highest BCUT2D eigenvalue weighted by atomic mass is 79.9. The summed E-state index contributed by atoms with van der Waals surface area (Å²) in [6.07, 6.45) is 24.1. The third kappa shape index (κ3) is 4.09. The average molecular weight is 341 g/mol. The minimum absolute atomic E-state index is 0. The fourth-order valence-corrected chi connectivity index (χ4v) is 3.93. The maximum atomic E-state index is 2.51. The van der Waals surface area contributed by atoms with Crippen molar-refractivity contribution in [3.05, 3.63) is 18.7 Å². The molecule has 1 aromatic rings. The molecule has 0 radical (unpaired) electrons.